The fourth-order valence-corrected chi connectivity index (χ4v) is 3.40. The van der Waals surface area contributed by atoms with Gasteiger partial charge >= 0.3 is 0 Å². The van der Waals surface area contributed by atoms with Gasteiger partial charge in [0.15, 0.2) is 11.5 Å². The maximum absolute atomic E-state index is 12.4. The number of amides is 1. The number of carbonyl (C=O) groups is 1. The molecule has 1 aromatic heterocycles. The normalized spacial score (nSPS) is 15.9. The number of nitrogens with one attached hydrogen (secondary N) is 1. The molecule has 7 nitrogen and oxygen atoms in total. The minimum atomic E-state index is -0.118. The van der Waals surface area contributed by atoms with E-state index in [1.807, 2.05) is 19.1 Å². The molecule has 1 fully saturated rings. The van der Waals surface area contributed by atoms with Gasteiger partial charge in [0.2, 0.25) is 0 Å². The second-order valence-electron chi connectivity index (χ2n) is 7.05. The Morgan fingerprint density at radius 1 is 1.11 bits per heavy atom. The summed E-state index contributed by atoms with van der Waals surface area (Å²) < 4.78 is 10.8. The summed E-state index contributed by atoms with van der Waals surface area (Å²) in [6, 6.07) is 6.16. The molecule has 0 unspecified atom stereocenters. The number of fused-ring (bicyclic) bond motifs is 1. The SMILES string of the molecule is COc1cc2c(cc1OC)CN(c1cc(C(=O)NC3CC3)nc(C)n1)CC2. The van der Waals surface area contributed by atoms with Gasteiger partial charge in [-0.3, -0.25) is 4.79 Å². The third kappa shape index (κ3) is 3.67. The number of hydrogen-bond donors (Lipinski definition) is 1. The van der Waals surface area contributed by atoms with Gasteiger partial charge in [0.1, 0.15) is 17.3 Å². The summed E-state index contributed by atoms with van der Waals surface area (Å²) in [4.78, 5) is 23.4. The number of nitrogens with zero attached hydrogens (tertiary/aromatic N) is 3. The maximum Gasteiger partial charge on any atom is 0.270 e. The van der Waals surface area contributed by atoms with Crippen molar-refractivity contribution in [2.24, 2.45) is 0 Å². The van der Waals surface area contributed by atoms with Crippen LogP contribution in [0.3, 0.4) is 0 Å². The maximum atomic E-state index is 12.4. The average molecular weight is 368 g/mol. The van der Waals surface area contributed by atoms with Crippen molar-refractivity contribution >= 4 is 11.7 Å². The summed E-state index contributed by atoms with van der Waals surface area (Å²) in [5, 5.41) is 2.99. The first-order valence-electron chi connectivity index (χ1n) is 9.22. The van der Waals surface area contributed by atoms with E-state index in [1.165, 1.54) is 11.1 Å². The largest absolute Gasteiger partial charge is 0.493 e. The van der Waals surface area contributed by atoms with E-state index >= 15 is 0 Å². The van der Waals surface area contributed by atoms with Crippen LogP contribution in [0.2, 0.25) is 0 Å². The van der Waals surface area contributed by atoms with Gasteiger partial charge < -0.3 is 19.7 Å². The predicted molar refractivity (Wildman–Crippen MR) is 102 cm³/mol. The number of hydrogen-bond acceptors (Lipinski definition) is 6. The number of benzene rings is 1. The summed E-state index contributed by atoms with van der Waals surface area (Å²) in [6.45, 7) is 3.35. The van der Waals surface area contributed by atoms with Crippen LogP contribution in [0.1, 0.15) is 40.3 Å². The number of aromatic nitrogens is 2. The minimum Gasteiger partial charge on any atom is -0.493 e. The van der Waals surface area contributed by atoms with Crippen LogP contribution in [0.4, 0.5) is 5.82 Å². The van der Waals surface area contributed by atoms with Crippen molar-refractivity contribution in [3.8, 4) is 11.5 Å². The standard InChI is InChI=1S/C20H24N4O3/c1-12-21-16(20(25)23-15-4-5-15)10-19(22-12)24-7-6-13-8-17(26-2)18(27-3)9-14(13)11-24/h8-10,15H,4-7,11H2,1-3H3,(H,23,25). The van der Waals surface area contributed by atoms with Crippen LogP contribution < -0.4 is 19.7 Å². The van der Waals surface area contributed by atoms with Crippen molar-refractivity contribution in [1.82, 2.24) is 15.3 Å². The number of methoxy groups -OCH3 is 2. The third-order valence-electron chi connectivity index (χ3n) is 5.01. The number of anilines is 1. The molecular formula is C20H24N4O3. The molecule has 4 rings (SSSR count). The Morgan fingerprint density at radius 3 is 2.48 bits per heavy atom. The van der Waals surface area contributed by atoms with E-state index in [-0.39, 0.29) is 5.91 Å². The summed E-state index contributed by atoms with van der Waals surface area (Å²) in [5.41, 5.74) is 2.86. The van der Waals surface area contributed by atoms with E-state index in [0.29, 0.717) is 24.1 Å². The molecule has 0 saturated heterocycles. The molecule has 1 amide bonds. The molecule has 1 aliphatic carbocycles. The van der Waals surface area contributed by atoms with Crippen LogP contribution >= 0.6 is 0 Å². The first-order chi connectivity index (χ1) is 13.1. The van der Waals surface area contributed by atoms with Crippen molar-refractivity contribution in [3.63, 3.8) is 0 Å². The van der Waals surface area contributed by atoms with Crippen molar-refractivity contribution < 1.29 is 14.3 Å². The van der Waals surface area contributed by atoms with Crippen LogP contribution in [0.5, 0.6) is 11.5 Å². The molecule has 1 aromatic carbocycles. The van der Waals surface area contributed by atoms with Gasteiger partial charge in [0, 0.05) is 25.2 Å². The van der Waals surface area contributed by atoms with E-state index < -0.39 is 0 Å². The Morgan fingerprint density at radius 2 is 1.81 bits per heavy atom. The number of carbonyl (C=O) groups excluding carboxylic acids is 1. The highest BCUT2D eigenvalue weighted by Crippen LogP contribution is 2.34. The van der Waals surface area contributed by atoms with E-state index in [1.54, 1.807) is 20.3 Å². The van der Waals surface area contributed by atoms with E-state index in [0.717, 1.165) is 43.1 Å². The molecule has 142 valence electrons. The van der Waals surface area contributed by atoms with E-state index in [4.69, 9.17) is 9.47 Å². The smallest absolute Gasteiger partial charge is 0.270 e. The summed E-state index contributed by atoms with van der Waals surface area (Å²) in [7, 11) is 3.29. The second-order valence-corrected chi connectivity index (χ2v) is 7.05. The minimum absolute atomic E-state index is 0.118. The van der Waals surface area contributed by atoms with E-state index in [2.05, 4.69) is 20.2 Å². The van der Waals surface area contributed by atoms with Crippen molar-refractivity contribution in [3.05, 3.63) is 40.8 Å². The number of rotatable bonds is 5. The highest BCUT2D eigenvalue weighted by molar-refractivity contribution is 5.93. The first kappa shape index (κ1) is 17.6. The van der Waals surface area contributed by atoms with Gasteiger partial charge in [-0.05, 0) is 49.4 Å². The Labute approximate surface area is 158 Å². The van der Waals surface area contributed by atoms with Crippen LogP contribution in [0.25, 0.3) is 0 Å². The molecule has 0 bridgehead atoms. The van der Waals surface area contributed by atoms with Crippen molar-refractivity contribution in [2.75, 3.05) is 25.7 Å². The molecular weight excluding hydrogens is 344 g/mol. The lowest BCUT2D eigenvalue weighted by atomic mass is 9.98. The van der Waals surface area contributed by atoms with Crippen molar-refractivity contribution in [1.29, 1.82) is 0 Å². The van der Waals surface area contributed by atoms with Gasteiger partial charge in [-0.15, -0.1) is 0 Å². The Balaban J connectivity index is 1.59. The predicted octanol–water partition coefficient (Wildman–Crippen LogP) is 2.26. The lowest BCUT2D eigenvalue weighted by Crippen LogP contribution is -2.32. The molecule has 0 spiro atoms. The molecule has 1 saturated carbocycles. The Hall–Kier alpha value is -2.83. The quantitative estimate of drug-likeness (QED) is 0.872. The number of aryl methyl sites for hydroxylation is 1. The molecule has 1 N–H and O–H groups in total. The van der Waals surface area contributed by atoms with Gasteiger partial charge in [0.25, 0.3) is 5.91 Å². The molecule has 2 aromatic rings. The second kappa shape index (κ2) is 7.06. The summed E-state index contributed by atoms with van der Waals surface area (Å²) >= 11 is 0. The van der Waals surface area contributed by atoms with E-state index in [9.17, 15) is 4.79 Å². The Bertz CT molecular complexity index is 880. The molecule has 1 aliphatic heterocycles. The Kier molecular flexibility index (Phi) is 4.59. The highest BCUT2D eigenvalue weighted by Gasteiger charge is 2.26. The topological polar surface area (TPSA) is 76.6 Å². The molecule has 2 heterocycles. The monoisotopic (exact) mass is 368 g/mol. The van der Waals surface area contributed by atoms with Gasteiger partial charge in [-0.1, -0.05) is 0 Å². The highest BCUT2D eigenvalue weighted by atomic mass is 16.5. The zero-order chi connectivity index (χ0) is 19.0. The molecule has 7 heteroatoms. The lowest BCUT2D eigenvalue weighted by Gasteiger charge is -2.30. The molecule has 0 radical (unpaired) electrons. The van der Waals surface area contributed by atoms with Gasteiger partial charge in [-0.25, -0.2) is 9.97 Å². The molecule has 2 aliphatic rings. The zero-order valence-corrected chi connectivity index (χ0v) is 15.9. The lowest BCUT2D eigenvalue weighted by molar-refractivity contribution is 0.0945. The first-order valence-corrected chi connectivity index (χ1v) is 9.22. The molecule has 0 atom stereocenters. The van der Waals surface area contributed by atoms with Crippen LogP contribution in [0, 0.1) is 6.92 Å². The summed E-state index contributed by atoms with van der Waals surface area (Å²) in [6.07, 6.45) is 2.98. The number of ether oxygens (including phenoxy) is 2. The fraction of sp³-hybridized carbons (Fsp3) is 0.450. The van der Waals surface area contributed by atoms with Crippen LogP contribution in [-0.4, -0.2) is 42.7 Å². The van der Waals surface area contributed by atoms with Crippen LogP contribution in [0.15, 0.2) is 18.2 Å². The average Bonchev–Trinajstić information content (AvgIpc) is 3.49. The van der Waals surface area contributed by atoms with Gasteiger partial charge in [-0.2, -0.15) is 0 Å². The fourth-order valence-electron chi connectivity index (χ4n) is 3.40. The van der Waals surface area contributed by atoms with Crippen molar-refractivity contribution in [2.45, 2.75) is 38.8 Å². The molecule has 27 heavy (non-hydrogen) atoms. The summed E-state index contributed by atoms with van der Waals surface area (Å²) in [5.74, 6) is 2.74. The van der Waals surface area contributed by atoms with Crippen LogP contribution in [-0.2, 0) is 13.0 Å². The third-order valence-corrected chi connectivity index (χ3v) is 5.01. The zero-order valence-electron chi connectivity index (χ0n) is 15.9. The van der Waals surface area contributed by atoms with Gasteiger partial charge in [0.05, 0.1) is 14.2 Å².